The van der Waals surface area contributed by atoms with Crippen molar-refractivity contribution < 1.29 is 32.9 Å². The fraction of sp³-hybridized carbons (Fsp3) is 0.844. The van der Waals surface area contributed by atoms with Gasteiger partial charge in [0.2, 0.25) is 5.91 Å². The average Bonchev–Trinajstić information content (AvgIpc) is 3.12. The molecule has 0 saturated heterocycles. The van der Waals surface area contributed by atoms with Crippen LogP contribution in [0.15, 0.2) is 36.5 Å². The molecule has 0 aromatic rings. The smallest absolute Gasteiger partial charge is 0.268 e. The molecule has 0 aliphatic rings. The van der Waals surface area contributed by atoms with E-state index in [1.54, 1.807) is 6.08 Å². The molecule has 0 aromatic carbocycles. The van der Waals surface area contributed by atoms with Crippen molar-refractivity contribution in [3.05, 3.63) is 36.5 Å². The molecule has 3 atom stereocenters. The van der Waals surface area contributed by atoms with E-state index >= 15 is 0 Å². The van der Waals surface area contributed by atoms with E-state index < -0.39 is 26.6 Å². The van der Waals surface area contributed by atoms with Gasteiger partial charge in [0.1, 0.15) is 13.2 Å². The van der Waals surface area contributed by atoms with Crippen molar-refractivity contribution in [1.29, 1.82) is 0 Å². The van der Waals surface area contributed by atoms with Gasteiger partial charge in [0.15, 0.2) is 0 Å². The number of nitrogens with one attached hydrogen (secondary N) is 1. The first-order valence-electron chi connectivity index (χ1n) is 22.4. The molecule has 318 valence electrons. The van der Waals surface area contributed by atoms with Crippen LogP contribution in [0.5, 0.6) is 0 Å². The Labute approximate surface area is 334 Å². The van der Waals surface area contributed by atoms with E-state index in [2.05, 4.69) is 43.5 Å². The van der Waals surface area contributed by atoms with Gasteiger partial charge in [-0.25, -0.2) is 0 Å². The van der Waals surface area contributed by atoms with Gasteiger partial charge in [-0.3, -0.25) is 9.36 Å². The number of rotatable bonds is 40. The van der Waals surface area contributed by atoms with E-state index in [0.717, 1.165) is 38.5 Å². The number of carbonyl (C=O) groups excluding carboxylic acids is 1. The molecule has 0 radical (unpaired) electrons. The largest absolute Gasteiger partial charge is 0.756 e. The standard InChI is InChI=1S/C45H87N2O6P/c1-6-8-10-12-14-16-18-20-21-22-23-24-25-27-29-31-33-35-37-39-45(49)46-43(42-53-54(50,51)52-41-40-47(3,4)5)44(48)38-36-34-32-30-28-26-19-17-15-13-11-9-7-2/h22-23,28,30,36,38,43-44,48H,6-21,24-27,29,31-35,37,39-42H2,1-5H3,(H-,46,49,50,51)/b23-22-,30-28+,38-36+. The van der Waals surface area contributed by atoms with Crippen molar-refractivity contribution in [1.82, 2.24) is 5.32 Å². The summed E-state index contributed by atoms with van der Waals surface area (Å²) >= 11 is 0. The molecule has 54 heavy (non-hydrogen) atoms. The van der Waals surface area contributed by atoms with Crippen LogP contribution in [-0.2, 0) is 18.4 Å². The maximum atomic E-state index is 12.8. The summed E-state index contributed by atoms with van der Waals surface area (Å²) in [6, 6.07) is -0.903. The Balaban J connectivity index is 4.42. The van der Waals surface area contributed by atoms with Crippen LogP contribution in [0.25, 0.3) is 0 Å². The SMILES string of the molecule is CCCCCCCCC/C=C/CC/C=C/C(O)C(COP(=O)([O-])OCC[N+](C)(C)C)NC(=O)CCCCCCCCC/C=C\CCCCCCCCCC. The summed E-state index contributed by atoms with van der Waals surface area (Å²) in [5, 5.41) is 13.7. The van der Waals surface area contributed by atoms with Crippen LogP contribution in [0.3, 0.4) is 0 Å². The highest BCUT2D eigenvalue weighted by molar-refractivity contribution is 7.45. The number of allylic oxidation sites excluding steroid dienone is 5. The Bertz CT molecular complexity index is 980. The first-order chi connectivity index (χ1) is 26.0. The minimum Gasteiger partial charge on any atom is -0.756 e. The van der Waals surface area contributed by atoms with Crippen LogP contribution in [-0.4, -0.2) is 68.5 Å². The number of phosphoric ester groups is 1. The number of amides is 1. The maximum Gasteiger partial charge on any atom is 0.268 e. The molecule has 8 nitrogen and oxygen atoms in total. The zero-order chi connectivity index (χ0) is 40.0. The van der Waals surface area contributed by atoms with E-state index in [-0.39, 0.29) is 12.5 Å². The van der Waals surface area contributed by atoms with Crippen LogP contribution >= 0.6 is 7.82 Å². The highest BCUT2D eigenvalue weighted by Crippen LogP contribution is 2.38. The number of carbonyl (C=O) groups is 1. The van der Waals surface area contributed by atoms with Crippen molar-refractivity contribution in [3.63, 3.8) is 0 Å². The molecule has 0 saturated carbocycles. The molecule has 9 heteroatoms. The molecule has 2 N–H and O–H groups in total. The number of unbranched alkanes of at least 4 members (excludes halogenated alkanes) is 23. The Hall–Kier alpha value is -1.28. The van der Waals surface area contributed by atoms with Gasteiger partial charge in [0.25, 0.3) is 7.82 Å². The third-order valence-electron chi connectivity index (χ3n) is 9.82. The molecule has 0 spiro atoms. The quantitative estimate of drug-likeness (QED) is 0.0277. The molecule has 0 aromatic heterocycles. The number of aliphatic hydroxyl groups excluding tert-OH is 1. The molecular formula is C45H87N2O6P. The van der Waals surface area contributed by atoms with Crippen molar-refractivity contribution in [2.24, 2.45) is 0 Å². The number of aliphatic hydroxyl groups is 1. The summed E-state index contributed by atoms with van der Waals surface area (Å²) in [6.45, 7) is 4.60. The molecule has 0 fully saturated rings. The third kappa shape index (κ3) is 39.0. The Morgan fingerprint density at radius 2 is 1.04 bits per heavy atom. The summed E-state index contributed by atoms with van der Waals surface area (Å²) in [5.41, 5.74) is 0. The molecule has 1 amide bonds. The summed E-state index contributed by atoms with van der Waals surface area (Å²) < 4.78 is 23.2. The first-order valence-corrected chi connectivity index (χ1v) is 23.8. The molecule has 3 unspecified atom stereocenters. The van der Waals surface area contributed by atoms with Gasteiger partial charge in [-0.05, 0) is 57.8 Å². The number of nitrogens with zero attached hydrogens (tertiary/aromatic N) is 1. The third-order valence-corrected chi connectivity index (χ3v) is 10.8. The van der Waals surface area contributed by atoms with Crippen molar-refractivity contribution in [2.45, 2.75) is 206 Å². The van der Waals surface area contributed by atoms with Crippen LogP contribution in [0.2, 0.25) is 0 Å². The molecule has 0 bridgehead atoms. The average molecular weight is 783 g/mol. The fourth-order valence-electron chi connectivity index (χ4n) is 6.22. The lowest BCUT2D eigenvalue weighted by Gasteiger charge is -2.29. The topological polar surface area (TPSA) is 108 Å². The minimum atomic E-state index is -4.59. The number of phosphoric acid groups is 1. The normalized spacial score (nSPS) is 14.7. The Morgan fingerprint density at radius 1 is 0.630 bits per heavy atom. The summed E-state index contributed by atoms with van der Waals surface area (Å²) in [7, 11) is 1.24. The van der Waals surface area contributed by atoms with Gasteiger partial charge in [-0.2, -0.15) is 0 Å². The van der Waals surface area contributed by atoms with Crippen LogP contribution in [0.1, 0.15) is 194 Å². The second-order valence-corrected chi connectivity index (χ2v) is 17.8. The summed E-state index contributed by atoms with van der Waals surface area (Å²) in [6.07, 6.45) is 44.8. The number of hydrogen-bond donors (Lipinski definition) is 2. The van der Waals surface area contributed by atoms with Gasteiger partial charge in [-0.15, -0.1) is 0 Å². The predicted molar refractivity (Wildman–Crippen MR) is 228 cm³/mol. The maximum absolute atomic E-state index is 12.8. The number of likely N-dealkylation sites (N-methyl/N-ethyl adjacent to an activating group) is 1. The predicted octanol–water partition coefficient (Wildman–Crippen LogP) is 11.7. The van der Waals surface area contributed by atoms with Crippen molar-refractivity contribution in [3.8, 4) is 0 Å². The van der Waals surface area contributed by atoms with E-state index in [1.807, 2.05) is 27.2 Å². The van der Waals surface area contributed by atoms with Crippen LogP contribution in [0, 0.1) is 0 Å². The molecular weight excluding hydrogens is 695 g/mol. The lowest BCUT2D eigenvalue weighted by atomic mass is 10.1. The Kier molecular flexibility index (Phi) is 36.4. The molecule has 0 heterocycles. The fourth-order valence-corrected chi connectivity index (χ4v) is 6.94. The molecule has 0 aliphatic carbocycles. The van der Waals surface area contributed by atoms with Gasteiger partial charge < -0.3 is 28.8 Å². The highest BCUT2D eigenvalue weighted by Gasteiger charge is 2.23. The summed E-state index contributed by atoms with van der Waals surface area (Å²) in [4.78, 5) is 25.3. The van der Waals surface area contributed by atoms with Crippen LogP contribution in [0.4, 0.5) is 0 Å². The Morgan fingerprint density at radius 3 is 1.50 bits per heavy atom. The first kappa shape index (κ1) is 52.7. The van der Waals surface area contributed by atoms with E-state index in [1.165, 1.54) is 135 Å². The zero-order valence-corrected chi connectivity index (χ0v) is 36.8. The monoisotopic (exact) mass is 783 g/mol. The highest BCUT2D eigenvalue weighted by atomic mass is 31.2. The van der Waals surface area contributed by atoms with E-state index in [4.69, 9.17) is 9.05 Å². The lowest BCUT2D eigenvalue weighted by molar-refractivity contribution is -0.870. The van der Waals surface area contributed by atoms with Gasteiger partial charge in [-0.1, -0.05) is 166 Å². The van der Waals surface area contributed by atoms with Gasteiger partial charge in [0, 0.05) is 6.42 Å². The van der Waals surface area contributed by atoms with E-state index in [9.17, 15) is 19.4 Å². The van der Waals surface area contributed by atoms with Crippen molar-refractivity contribution >= 4 is 13.7 Å². The summed E-state index contributed by atoms with van der Waals surface area (Å²) in [5.74, 6) is -0.213. The van der Waals surface area contributed by atoms with Gasteiger partial charge >= 0.3 is 0 Å². The minimum absolute atomic E-state index is 0.00726. The molecule has 0 aliphatic heterocycles. The molecule has 0 rings (SSSR count). The van der Waals surface area contributed by atoms with E-state index in [0.29, 0.717) is 17.4 Å². The van der Waals surface area contributed by atoms with Gasteiger partial charge in [0.05, 0.1) is 39.9 Å². The number of hydrogen-bond acceptors (Lipinski definition) is 6. The zero-order valence-electron chi connectivity index (χ0n) is 35.9. The van der Waals surface area contributed by atoms with Crippen molar-refractivity contribution in [2.75, 3.05) is 40.9 Å². The number of quaternary nitrogens is 1. The van der Waals surface area contributed by atoms with Crippen LogP contribution < -0.4 is 10.2 Å². The second-order valence-electron chi connectivity index (χ2n) is 16.4. The second kappa shape index (κ2) is 37.3. The lowest BCUT2D eigenvalue weighted by Crippen LogP contribution is -2.45.